The number of hydrogen-bond donors (Lipinski definition) is 0. The smallest absolute Gasteiger partial charge is 0.387 e. The van der Waals surface area contributed by atoms with Gasteiger partial charge in [-0.25, -0.2) is 0 Å². The number of aryl methyl sites for hydroxylation is 1. The lowest BCUT2D eigenvalue weighted by atomic mass is 10.1. The monoisotopic (exact) mass is 199 g/mol. The number of benzene rings is 1. The molecule has 0 aliphatic heterocycles. The average Bonchev–Trinajstić information content (AvgIpc) is 2.16. The van der Waals surface area contributed by atoms with E-state index in [9.17, 15) is 8.78 Å². The highest BCUT2D eigenvalue weighted by atomic mass is 19.3. The number of ether oxygens (including phenoxy) is 1. The van der Waals surface area contributed by atoms with Crippen LogP contribution in [-0.2, 0) is 6.42 Å². The van der Waals surface area contributed by atoms with Crippen molar-refractivity contribution < 1.29 is 13.5 Å². The lowest BCUT2D eigenvalue weighted by Crippen LogP contribution is -2.01. The summed E-state index contributed by atoms with van der Waals surface area (Å²) in [6.45, 7) is -0.661. The Labute approximate surface area is 82.7 Å². The Hall–Kier alpha value is -1.12. The van der Waals surface area contributed by atoms with E-state index in [0.29, 0.717) is 0 Å². The van der Waals surface area contributed by atoms with Crippen LogP contribution in [0, 0.1) is 6.07 Å². The van der Waals surface area contributed by atoms with Crippen molar-refractivity contribution >= 4 is 0 Å². The maximum atomic E-state index is 11.8. The van der Waals surface area contributed by atoms with Gasteiger partial charge in [-0.05, 0) is 30.5 Å². The van der Waals surface area contributed by atoms with E-state index in [0.717, 1.165) is 24.8 Å². The van der Waals surface area contributed by atoms with Crippen LogP contribution in [0.3, 0.4) is 0 Å². The van der Waals surface area contributed by atoms with Gasteiger partial charge in [0, 0.05) is 6.07 Å². The zero-order chi connectivity index (χ0) is 10.4. The van der Waals surface area contributed by atoms with Gasteiger partial charge in [-0.3, -0.25) is 0 Å². The van der Waals surface area contributed by atoms with Gasteiger partial charge in [0.05, 0.1) is 0 Å². The van der Waals surface area contributed by atoms with Crippen molar-refractivity contribution in [3.05, 3.63) is 29.8 Å². The molecule has 0 saturated heterocycles. The largest absolute Gasteiger partial charge is 0.434 e. The summed E-state index contributed by atoms with van der Waals surface area (Å²) in [5, 5.41) is 0. The quantitative estimate of drug-likeness (QED) is 0.705. The van der Waals surface area contributed by atoms with E-state index in [1.54, 1.807) is 12.1 Å². The fourth-order valence-electron chi connectivity index (χ4n) is 1.15. The highest BCUT2D eigenvalue weighted by Crippen LogP contribution is 2.15. The first kappa shape index (κ1) is 11.0. The molecule has 0 fully saturated rings. The molecular weight excluding hydrogens is 186 g/mol. The lowest BCUT2D eigenvalue weighted by Gasteiger charge is -2.04. The van der Waals surface area contributed by atoms with Crippen molar-refractivity contribution in [1.29, 1.82) is 0 Å². The van der Waals surface area contributed by atoms with Crippen molar-refractivity contribution in [2.75, 3.05) is 0 Å². The molecule has 0 spiro atoms. The molecule has 3 heteroatoms. The molecule has 1 rings (SSSR count). The molecule has 0 heterocycles. The van der Waals surface area contributed by atoms with Gasteiger partial charge >= 0.3 is 6.61 Å². The molecular formula is C11H13F2O. The maximum absolute atomic E-state index is 11.8. The van der Waals surface area contributed by atoms with Crippen molar-refractivity contribution in [3.8, 4) is 5.75 Å². The third-order valence-electron chi connectivity index (χ3n) is 1.88. The van der Waals surface area contributed by atoms with Crippen molar-refractivity contribution in [2.45, 2.75) is 32.8 Å². The summed E-state index contributed by atoms with van der Waals surface area (Å²) >= 11 is 0. The van der Waals surface area contributed by atoms with Crippen LogP contribution in [0.5, 0.6) is 5.75 Å². The summed E-state index contributed by atoms with van der Waals surface area (Å²) < 4.78 is 27.7. The Morgan fingerprint density at radius 1 is 1.43 bits per heavy atom. The van der Waals surface area contributed by atoms with Crippen molar-refractivity contribution in [3.63, 3.8) is 0 Å². The van der Waals surface area contributed by atoms with Gasteiger partial charge in [0.1, 0.15) is 5.75 Å². The topological polar surface area (TPSA) is 9.23 Å². The van der Waals surface area contributed by atoms with E-state index in [-0.39, 0.29) is 5.75 Å². The van der Waals surface area contributed by atoms with Crippen LogP contribution < -0.4 is 4.74 Å². The molecule has 0 aliphatic carbocycles. The van der Waals surface area contributed by atoms with Gasteiger partial charge in [-0.15, -0.1) is 0 Å². The van der Waals surface area contributed by atoms with Gasteiger partial charge < -0.3 is 4.74 Å². The predicted molar refractivity (Wildman–Crippen MR) is 50.5 cm³/mol. The normalized spacial score (nSPS) is 10.6. The Kier molecular flexibility index (Phi) is 4.36. The second-order valence-electron chi connectivity index (χ2n) is 3.04. The summed E-state index contributed by atoms with van der Waals surface area (Å²) in [7, 11) is 0. The standard InChI is InChI=1S/C11H13F2O/c1-2-3-4-9-5-7-10(8-6-9)14-11(12)13/h5-7,11H,2-4H2,1H3. The first-order valence-electron chi connectivity index (χ1n) is 4.67. The van der Waals surface area contributed by atoms with Crippen LogP contribution in [0.1, 0.15) is 25.3 Å². The second-order valence-corrected chi connectivity index (χ2v) is 3.04. The lowest BCUT2D eigenvalue weighted by molar-refractivity contribution is -0.0500. The van der Waals surface area contributed by atoms with Gasteiger partial charge in [0.25, 0.3) is 0 Å². The Bertz CT molecular complexity index is 256. The third kappa shape index (κ3) is 3.73. The molecule has 0 N–H and O–H groups in total. The van der Waals surface area contributed by atoms with E-state index in [1.807, 2.05) is 0 Å². The van der Waals surface area contributed by atoms with Gasteiger partial charge in [-0.2, -0.15) is 8.78 Å². The van der Waals surface area contributed by atoms with E-state index in [1.165, 1.54) is 6.07 Å². The zero-order valence-corrected chi connectivity index (χ0v) is 8.09. The molecule has 14 heavy (non-hydrogen) atoms. The van der Waals surface area contributed by atoms with Crippen molar-refractivity contribution in [1.82, 2.24) is 0 Å². The van der Waals surface area contributed by atoms with Crippen molar-refractivity contribution in [2.24, 2.45) is 0 Å². The summed E-state index contributed by atoms with van der Waals surface area (Å²) in [5.41, 5.74) is 1.11. The summed E-state index contributed by atoms with van der Waals surface area (Å²) in [6, 6.07) is 7.70. The van der Waals surface area contributed by atoms with Crippen LogP contribution >= 0.6 is 0 Å². The summed E-state index contributed by atoms with van der Waals surface area (Å²) in [5.74, 6) is 0.0975. The molecule has 1 aromatic carbocycles. The minimum Gasteiger partial charge on any atom is -0.434 e. The number of alkyl halides is 2. The van der Waals surface area contributed by atoms with E-state index in [2.05, 4.69) is 17.7 Å². The minimum atomic E-state index is -2.77. The molecule has 0 bridgehead atoms. The molecule has 0 aliphatic rings. The zero-order valence-electron chi connectivity index (χ0n) is 8.09. The molecule has 1 nitrogen and oxygen atoms in total. The van der Waals surface area contributed by atoms with Crippen LogP contribution in [0.15, 0.2) is 18.2 Å². The fourth-order valence-corrected chi connectivity index (χ4v) is 1.15. The first-order valence-corrected chi connectivity index (χ1v) is 4.67. The second kappa shape index (κ2) is 5.58. The SMILES string of the molecule is CCCCc1c[c]c(OC(F)F)cc1. The highest BCUT2D eigenvalue weighted by Gasteiger charge is 2.03. The first-order chi connectivity index (χ1) is 6.72. The van der Waals surface area contributed by atoms with Gasteiger partial charge in [-0.1, -0.05) is 19.4 Å². The molecule has 1 radical (unpaired) electrons. The maximum Gasteiger partial charge on any atom is 0.387 e. The van der Waals surface area contributed by atoms with E-state index < -0.39 is 6.61 Å². The van der Waals surface area contributed by atoms with Crippen LogP contribution in [-0.4, -0.2) is 6.61 Å². The molecule has 1 aromatic rings. The average molecular weight is 199 g/mol. The number of unbranched alkanes of at least 4 members (excludes halogenated alkanes) is 1. The Morgan fingerprint density at radius 2 is 2.21 bits per heavy atom. The van der Waals surface area contributed by atoms with E-state index >= 15 is 0 Å². The van der Waals surface area contributed by atoms with Gasteiger partial charge in [0.15, 0.2) is 0 Å². The molecule has 0 atom stereocenters. The van der Waals surface area contributed by atoms with E-state index in [4.69, 9.17) is 0 Å². The van der Waals surface area contributed by atoms with Gasteiger partial charge in [0.2, 0.25) is 0 Å². The molecule has 0 amide bonds. The molecule has 77 valence electrons. The van der Waals surface area contributed by atoms with Crippen LogP contribution in [0.2, 0.25) is 0 Å². The fraction of sp³-hybridized carbons (Fsp3) is 0.455. The molecule has 0 unspecified atom stereocenters. The predicted octanol–water partition coefficient (Wildman–Crippen LogP) is 3.43. The summed E-state index contributed by atoms with van der Waals surface area (Å²) in [4.78, 5) is 0. The number of rotatable bonds is 5. The Balaban J connectivity index is 2.50. The third-order valence-corrected chi connectivity index (χ3v) is 1.88. The highest BCUT2D eigenvalue weighted by molar-refractivity contribution is 5.25. The number of halogens is 2. The minimum absolute atomic E-state index is 0.0975. The van der Waals surface area contributed by atoms with Crippen LogP contribution in [0.25, 0.3) is 0 Å². The Morgan fingerprint density at radius 3 is 2.71 bits per heavy atom. The molecule has 0 aromatic heterocycles. The summed E-state index contributed by atoms with van der Waals surface area (Å²) in [6.07, 6.45) is 3.18. The van der Waals surface area contributed by atoms with Crippen LogP contribution in [0.4, 0.5) is 8.78 Å². The number of hydrogen-bond acceptors (Lipinski definition) is 1. The molecule has 0 saturated carbocycles.